The Labute approximate surface area is 56.0 Å². The monoisotopic (exact) mass is 124 g/mol. The van der Waals surface area contributed by atoms with Crippen molar-refractivity contribution in [2.45, 2.75) is 13.3 Å². The van der Waals surface area contributed by atoms with Crippen molar-refractivity contribution < 1.29 is 0 Å². The van der Waals surface area contributed by atoms with Crippen molar-refractivity contribution in [3.8, 4) is 0 Å². The Balaban J connectivity index is 3.23. The molecule has 0 aromatic rings. The highest BCUT2D eigenvalue weighted by atomic mass is 14.8. The number of nitrogens with zero attached hydrogens (tertiary/aromatic N) is 1. The molecule has 0 aliphatic rings. The van der Waals surface area contributed by atoms with Crippen molar-refractivity contribution >= 4 is 6.21 Å². The van der Waals surface area contributed by atoms with E-state index in [9.17, 15) is 0 Å². The SMILES string of the molecule is C=CN/C=C\N=CCC. The van der Waals surface area contributed by atoms with E-state index in [4.69, 9.17) is 0 Å². The van der Waals surface area contributed by atoms with Crippen molar-refractivity contribution in [3.05, 3.63) is 25.2 Å². The van der Waals surface area contributed by atoms with Gasteiger partial charge < -0.3 is 5.32 Å². The van der Waals surface area contributed by atoms with Crippen molar-refractivity contribution in [3.63, 3.8) is 0 Å². The zero-order valence-electron chi connectivity index (χ0n) is 5.67. The molecule has 2 nitrogen and oxygen atoms in total. The minimum absolute atomic E-state index is 0.971. The Hall–Kier alpha value is -1.05. The first kappa shape index (κ1) is 7.95. The normalized spacial score (nSPS) is 10.8. The molecule has 50 valence electrons. The third-order valence-electron chi connectivity index (χ3n) is 0.663. The van der Waals surface area contributed by atoms with E-state index in [0.717, 1.165) is 6.42 Å². The van der Waals surface area contributed by atoms with Gasteiger partial charge in [0.05, 0.1) is 0 Å². The molecule has 0 aliphatic heterocycles. The van der Waals surface area contributed by atoms with Crippen LogP contribution in [0.2, 0.25) is 0 Å². The first-order valence-corrected chi connectivity index (χ1v) is 2.95. The second kappa shape index (κ2) is 6.95. The lowest BCUT2D eigenvalue weighted by Crippen LogP contribution is -1.87. The van der Waals surface area contributed by atoms with Crippen LogP contribution in [0.5, 0.6) is 0 Å². The highest BCUT2D eigenvalue weighted by Crippen LogP contribution is 1.72. The second-order valence-electron chi connectivity index (χ2n) is 1.43. The quantitative estimate of drug-likeness (QED) is 0.566. The summed E-state index contributed by atoms with van der Waals surface area (Å²) in [5.74, 6) is 0. The molecule has 2 heteroatoms. The summed E-state index contributed by atoms with van der Waals surface area (Å²) in [6, 6.07) is 0. The molecule has 0 heterocycles. The van der Waals surface area contributed by atoms with Crippen LogP contribution < -0.4 is 5.32 Å². The van der Waals surface area contributed by atoms with Gasteiger partial charge in [0.25, 0.3) is 0 Å². The molecule has 0 aliphatic carbocycles. The summed E-state index contributed by atoms with van der Waals surface area (Å²) >= 11 is 0. The van der Waals surface area contributed by atoms with Gasteiger partial charge in [-0.1, -0.05) is 13.5 Å². The number of hydrogen-bond donors (Lipinski definition) is 1. The zero-order valence-corrected chi connectivity index (χ0v) is 5.67. The van der Waals surface area contributed by atoms with E-state index >= 15 is 0 Å². The lowest BCUT2D eigenvalue weighted by molar-refractivity contribution is 1.19. The fourth-order valence-corrected chi connectivity index (χ4v) is 0.320. The van der Waals surface area contributed by atoms with Crippen LogP contribution in [0.1, 0.15) is 13.3 Å². The van der Waals surface area contributed by atoms with Gasteiger partial charge >= 0.3 is 0 Å². The summed E-state index contributed by atoms with van der Waals surface area (Å²) in [5.41, 5.74) is 0. The average molecular weight is 124 g/mol. The topological polar surface area (TPSA) is 24.4 Å². The lowest BCUT2D eigenvalue weighted by atomic mass is 10.5. The third-order valence-corrected chi connectivity index (χ3v) is 0.663. The van der Waals surface area contributed by atoms with Gasteiger partial charge in [0, 0.05) is 18.6 Å². The smallest absolute Gasteiger partial charge is 0.0424 e. The van der Waals surface area contributed by atoms with Crippen LogP contribution in [0.25, 0.3) is 0 Å². The number of nitrogens with one attached hydrogen (secondary N) is 1. The fourth-order valence-electron chi connectivity index (χ4n) is 0.320. The van der Waals surface area contributed by atoms with Crippen LogP contribution in [0.4, 0.5) is 0 Å². The van der Waals surface area contributed by atoms with E-state index < -0.39 is 0 Å². The largest absolute Gasteiger partial charge is 0.367 e. The predicted molar refractivity (Wildman–Crippen MR) is 41.3 cm³/mol. The molecule has 0 saturated carbocycles. The minimum atomic E-state index is 0.971. The molecule has 0 rings (SSSR count). The molecule has 0 spiro atoms. The molecule has 0 bridgehead atoms. The number of aliphatic imine (C=N–C) groups is 1. The van der Waals surface area contributed by atoms with Gasteiger partial charge in [-0.3, -0.25) is 4.99 Å². The molecule has 0 atom stereocenters. The second-order valence-corrected chi connectivity index (χ2v) is 1.43. The van der Waals surface area contributed by atoms with Gasteiger partial charge in [0.1, 0.15) is 0 Å². The van der Waals surface area contributed by atoms with E-state index in [1.165, 1.54) is 0 Å². The molecule has 0 amide bonds. The highest BCUT2D eigenvalue weighted by molar-refractivity contribution is 5.57. The number of rotatable bonds is 4. The van der Waals surface area contributed by atoms with Crippen LogP contribution in [0, 0.1) is 0 Å². The third kappa shape index (κ3) is 6.95. The van der Waals surface area contributed by atoms with Gasteiger partial charge in [0.2, 0.25) is 0 Å². The van der Waals surface area contributed by atoms with Crippen LogP contribution >= 0.6 is 0 Å². The summed E-state index contributed by atoms with van der Waals surface area (Å²) < 4.78 is 0. The van der Waals surface area contributed by atoms with Crippen molar-refractivity contribution in [2.75, 3.05) is 0 Å². The van der Waals surface area contributed by atoms with Crippen molar-refractivity contribution in [1.82, 2.24) is 5.32 Å². The minimum Gasteiger partial charge on any atom is -0.367 e. The predicted octanol–water partition coefficient (Wildman–Crippen LogP) is 1.67. The lowest BCUT2D eigenvalue weighted by Gasteiger charge is -1.81. The first-order valence-electron chi connectivity index (χ1n) is 2.95. The van der Waals surface area contributed by atoms with Crippen LogP contribution in [0.3, 0.4) is 0 Å². The first-order chi connectivity index (χ1) is 4.41. The molecule has 9 heavy (non-hydrogen) atoms. The maximum absolute atomic E-state index is 3.91. The summed E-state index contributed by atoms with van der Waals surface area (Å²) in [7, 11) is 0. The number of hydrogen-bond acceptors (Lipinski definition) is 2. The molecular weight excluding hydrogens is 112 g/mol. The molecule has 0 fully saturated rings. The summed E-state index contributed by atoms with van der Waals surface area (Å²) in [6.07, 6.45) is 7.81. The van der Waals surface area contributed by atoms with E-state index in [1.54, 1.807) is 18.6 Å². The van der Waals surface area contributed by atoms with Crippen LogP contribution in [-0.4, -0.2) is 6.21 Å². The molecule has 0 aromatic heterocycles. The summed E-state index contributed by atoms with van der Waals surface area (Å²) in [5, 5.41) is 2.78. The van der Waals surface area contributed by atoms with Gasteiger partial charge in [0.15, 0.2) is 0 Å². The Morgan fingerprint density at radius 3 is 3.00 bits per heavy atom. The molecular formula is C7H12N2. The van der Waals surface area contributed by atoms with Crippen LogP contribution in [0.15, 0.2) is 30.2 Å². The highest BCUT2D eigenvalue weighted by Gasteiger charge is 1.61. The fraction of sp³-hybridized carbons (Fsp3) is 0.286. The Morgan fingerprint density at radius 1 is 1.67 bits per heavy atom. The van der Waals surface area contributed by atoms with Gasteiger partial charge in [-0.05, 0) is 12.6 Å². The van der Waals surface area contributed by atoms with Gasteiger partial charge in [-0.2, -0.15) is 0 Å². The Morgan fingerprint density at radius 2 is 2.44 bits per heavy atom. The molecule has 1 N–H and O–H groups in total. The van der Waals surface area contributed by atoms with E-state index in [1.807, 2.05) is 13.1 Å². The zero-order chi connectivity index (χ0) is 6.95. The summed E-state index contributed by atoms with van der Waals surface area (Å²) in [6.45, 7) is 5.50. The van der Waals surface area contributed by atoms with Crippen LogP contribution in [-0.2, 0) is 0 Å². The van der Waals surface area contributed by atoms with Gasteiger partial charge in [-0.25, -0.2) is 0 Å². The molecule has 0 radical (unpaired) electrons. The Bertz CT molecular complexity index is 114. The summed E-state index contributed by atoms with van der Waals surface area (Å²) in [4.78, 5) is 3.91. The van der Waals surface area contributed by atoms with Gasteiger partial charge in [-0.15, -0.1) is 0 Å². The van der Waals surface area contributed by atoms with Crippen molar-refractivity contribution in [2.24, 2.45) is 4.99 Å². The molecule has 0 aromatic carbocycles. The maximum atomic E-state index is 3.91. The molecule has 0 saturated heterocycles. The molecule has 0 unspecified atom stereocenters. The Kier molecular flexibility index (Phi) is 6.14. The van der Waals surface area contributed by atoms with E-state index in [2.05, 4.69) is 16.9 Å². The van der Waals surface area contributed by atoms with Crippen molar-refractivity contribution in [1.29, 1.82) is 0 Å². The maximum Gasteiger partial charge on any atom is 0.0424 e. The van der Waals surface area contributed by atoms with E-state index in [0.29, 0.717) is 0 Å². The van der Waals surface area contributed by atoms with E-state index in [-0.39, 0.29) is 0 Å². The average Bonchev–Trinajstić information content (AvgIpc) is 1.89. The standard InChI is InChI=1S/C7H12N2/c1-3-5-9-7-6-8-4-2/h4-8H,2-3H2,1H3/b7-6-,9-5?.